The second-order valence-corrected chi connectivity index (χ2v) is 5.10. The van der Waals surface area contributed by atoms with Crippen LogP contribution in [0.3, 0.4) is 0 Å². The molecule has 1 aliphatic rings. The lowest BCUT2D eigenvalue weighted by molar-refractivity contribution is 0.333. The summed E-state index contributed by atoms with van der Waals surface area (Å²) in [5.74, 6) is 1.04. The lowest BCUT2D eigenvalue weighted by atomic mass is 9.87. The minimum Gasteiger partial charge on any atom is -0.317 e. The van der Waals surface area contributed by atoms with E-state index in [2.05, 4.69) is 12.2 Å². The fourth-order valence-corrected chi connectivity index (χ4v) is 2.58. The minimum atomic E-state index is 1.04. The van der Waals surface area contributed by atoms with Crippen LogP contribution in [0.1, 0.15) is 71.1 Å². The lowest BCUT2D eigenvalue weighted by Crippen LogP contribution is -2.20. The quantitative estimate of drug-likeness (QED) is 0.595. The number of nitrogens with one attached hydrogen (secondary N) is 1. The third-order valence-electron chi connectivity index (χ3n) is 3.66. The maximum absolute atomic E-state index is 3.59. The highest BCUT2D eigenvalue weighted by Gasteiger charge is 2.12. The van der Waals surface area contributed by atoms with Crippen LogP contribution < -0.4 is 5.32 Å². The van der Waals surface area contributed by atoms with Gasteiger partial charge in [0.2, 0.25) is 0 Å². The number of hydrogen-bond donors (Lipinski definition) is 1. The van der Waals surface area contributed by atoms with Gasteiger partial charge in [0.05, 0.1) is 0 Å². The van der Waals surface area contributed by atoms with E-state index in [1.54, 1.807) is 0 Å². The third-order valence-corrected chi connectivity index (χ3v) is 3.66. The Morgan fingerprint density at radius 1 is 0.933 bits per heavy atom. The van der Waals surface area contributed by atoms with Gasteiger partial charge in [0.25, 0.3) is 0 Å². The second kappa shape index (κ2) is 9.21. The van der Waals surface area contributed by atoms with Gasteiger partial charge in [0.15, 0.2) is 0 Å². The average molecular weight is 211 g/mol. The van der Waals surface area contributed by atoms with E-state index in [-0.39, 0.29) is 0 Å². The van der Waals surface area contributed by atoms with Gasteiger partial charge in [-0.2, -0.15) is 0 Å². The molecule has 1 nitrogen and oxygen atoms in total. The molecule has 1 heteroatoms. The van der Waals surface area contributed by atoms with E-state index in [0.717, 1.165) is 5.92 Å². The molecule has 0 radical (unpaired) electrons. The van der Waals surface area contributed by atoms with Crippen molar-refractivity contribution in [2.75, 3.05) is 13.1 Å². The highest BCUT2D eigenvalue weighted by Crippen LogP contribution is 2.25. The molecule has 0 bridgehead atoms. The van der Waals surface area contributed by atoms with Crippen LogP contribution in [0.2, 0.25) is 0 Å². The first kappa shape index (κ1) is 13.0. The smallest absolute Gasteiger partial charge is 0.00463 e. The molecule has 90 valence electrons. The first-order chi connectivity index (χ1) is 7.43. The molecule has 1 saturated carbocycles. The summed E-state index contributed by atoms with van der Waals surface area (Å²) in [6.07, 6.45) is 14.4. The summed E-state index contributed by atoms with van der Waals surface area (Å²) >= 11 is 0. The predicted octanol–water partition coefficient (Wildman–Crippen LogP) is 4.13. The van der Waals surface area contributed by atoms with Crippen LogP contribution in [-0.4, -0.2) is 13.1 Å². The van der Waals surface area contributed by atoms with Crippen LogP contribution in [0.5, 0.6) is 0 Å². The highest BCUT2D eigenvalue weighted by atomic mass is 14.8. The van der Waals surface area contributed by atoms with Gasteiger partial charge in [0, 0.05) is 0 Å². The molecule has 1 fully saturated rings. The van der Waals surface area contributed by atoms with E-state index in [9.17, 15) is 0 Å². The fraction of sp³-hybridized carbons (Fsp3) is 1.00. The first-order valence-corrected chi connectivity index (χ1v) is 7.14. The SMILES string of the molecule is CCCCCCNCCC1CCCCC1. The molecular weight excluding hydrogens is 182 g/mol. The topological polar surface area (TPSA) is 12.0 Å². The summed E-state index contributed by atoms with van der Waals surface area (Å²) in [5.41, 5.74) is 0. The van der Waals surface area contributed by atoms with Gasteiger partial charge in [-0.15, -0.1) is 0 Å². The van der Waals surface area contributed by atoms with Gasteiger partial charge in [0.1, 0.15) is 0 Å². The molecule has 1 rings (SSSR count). The van der Waals surface area contributed by atoms with E-state index in [1.165, 1.54) is 77.3 Å². The monoisotopic (exact) mass is 211 g/mol. The van der Waals surface area contributed by atoms with Crippen molar-refractivity contribution in [2.24, 2.45) is 5.92 Å². The van der Waals surface area contributed by atoms with Crippen molar-refractivity contribution in [2.45, 2.75) is 71.1 Å². The van der Waals surface area contributed by atoms with E-state index in [0.29, 0.717) is 0 Å². The van der Waals surface area contributed by atoms with Crippen molar-refractivity contribution in [3.05, 3.63) is 0 Å². The predicted molar refractivity (Wildman–Crippen MR) is 68.2 cm³/mol. The maximum atomic E-state index is 3.59. The summed E-state index contributed by atoms with van der Waals surface area (Å²) in [5, 5.41) is 3.59. The highest BCUT2D eigenvalue weighted by molar-refractivity contribution is 4.66. The molecular formula is C14H29N. The summed E-state index contributed by atoms with van der Waals surface area (Å²) in [7, 11) is 0. The molecule has 0 aromatic rings. The van der Waals surface area contributed by atoms with Crippen molar-refractivity contribution in [1.29, 1.82) is 0 Å². The van der Waals surface area contributed by atoms with E-state index in [4.69, 9.17) is 0 Å². The van der Waals surface area contributed by atoms with E-state index < -0.39 is 0 Å². The zero-order valence-electron chi connectivity index (χ0n) is 10.6. The zero-order chi connectivity index (χ0) is 10.8. The van der Waals surface area contributed by atoms with Crippen molar-refractivity contribution < 1.29 is 0 Å². The Balaban J connectivity index is 1.79. The van der Waals surface area contributed by atoms with Crippen molar-refractivity contribution >= 4 is 0 Å². The normalized spacial score (nSPS) is 18.2. The van der Waals surface area contributed by atoms with Crippen molar-refractivity contribution in [3.63, 3.8) is 0 Å². The lowest BCUT2D eigenvalue weighted by Gasteiger charge is -2.21. The van der Waals surface area contributed by atoms with Crippen LogP contribution in [0, 0.1) is 5.92 Å². The summed E-state index contributed by atoms with van der Waals surface area (Å²) < 4.78 is 0. The zero-order valence-corrected chi connectivity index (χ0v) is 10.6. The van der Waals surface area contributed by atoms with Crippen LogP contribution >= 0.6 is 0 Å². The Morgan fingerprint density at radius 2 is 1.73 bits per heavy atom. The van der Waals surface area contributed by atoms with Crippen molar-refractivity contribution in [3.8, 4) is 0 Å². The Bertz CT molecular complexity index is 127. The van der Waals surface area contributed by atoms with Gasteiger partial charge in [-0.3, -0.25) is 0 Å². The molecule has 0 unspecified atom stereocenters. The largest absolute Gasteiger partial charge is 0.317 e. The van der Waals surface area contributed by atoms with E-state index >= 15 is 0 Å². The molecule has 1 aliphatic carbocycles. The Morgan fingerprint density at radius 3 is 2.47 bits per heavy atom. The van der Waals surface area contributed by atoms with Crippen LogP contribution in [0.25, 0.3) is 0 Å². The van der Waals surface area contributed by atoms with Crippen LogP contribution in [0.4, 0.5) is 0 Å². The Hall–Kier alpha value is -0.0400. The van der Waals surface area contributed by atoms with Crippen molar-refractivity contribution in [1.82, 2.24) is 5.32 Å². The average Bonchev–Trinajstić information content (AvgIpc) is 2.29. The number of rotatable bonds is 8. The standard InChI is InChI=1S/C14H29N/c1-2-3-4-8-12-15-13-11-14-9-6-5-7-10-14/h14-15H,2-13H2,1H3. The fourth-order valence-electron chi connectivity index (χ4n) is 2.58. The molecule has 0 spiro atoms. The second-order valence-electron chi connectivity index (χ2n) is 5.10. The Kier molecular flexibility index (Phi) is 7.99. The Labute approximate surface area is 96.0 Å². The molecule has 1 N–H and O–H groups in total. The van der Waals surface area contributed by atoms with Crippen LogP contribution in [0.15, 0.2) is 0 Å². The molecule has 0 aliphatic heterocycles. The van der Waals surface area contributed by atoms with Gasteiger partial charge in [-0.05, 0) is 31.8 Å². The maximum Gasteiger partial charge on any atom is -0.00463 e. The van der Waals surface area contributed by atoms with Gasteiger partial charge in [-0.1, -0.05) is 58.3 Å². The summed E-state index contributed by atoms with van der Waals surface area (Å²) in [6, 6.07) is 0. The molecule has 0 aromatic heterocycles. The van der Waals surface area contributed by atoms with E-state index in [1.807, 2.05) is 0 Å². The molecule has 0 aromatic carbocycles. The van der Waals surface area contributed by atoms with Gasteiger partial charge < -0.3 is 5.32 Å². The van der Waals surface area contributed by atoms with Crippen LogP contribution in [-0.2, 0) is 0 Å². The summed E-state index contributed by atoms with van der Waals surface area (Å²) in [4.78, 5) is 0. The minimum absolute atomic E-state index is 1.04. The van der Waals surface area contributed by atoms with Gasteiger partial charge >= 0.3 is 0 Å². The molecule has 15 heavy (non-hydrogen) atoms. The third kappa shape index (κ3) is 6.94. The number of unbranched alkanes of at least 4 members (excludes halogenated alkanes) is 3. The van der Waals surface area contributed by atoms with Gasteiger partial charge in [-0.25, -0.2) is 0 Å². The molecule has 0 atom stereocenters. The summed E-state index contributed by atoms with van der Waals surface area (Å²) in [6.45, 7) is 4.78. The molecule has 0 saturated heterocycles. The number of hydrogen-bond acceptors (Lipinski definition) is 1. The molecule has 0 heterocycles. The molecule has 0 amide bonds. The first-order valence-electron chi connectivity index (χ1n) is 7.14.